The summed E-state index contributed by atoms with van der Waals surface area (Å²) in [6, 6.07) is 9.73. The first-order valence-electron chi connectivity index (χ1n) is 11.8. The summed E-state index contributed by atoms with van der Waals surface area (Å²) < 4.78 is 52.5. The van der Waals surface area contributed by atoms with Gasteiger partial charge in [0.05, 0.1) is 11.9 Å². The number of benzene rings is 2. The molecule has 0 aliphatic carbocycles. The number of carbonyl (C=O) groups is 2. The Morgan fingerprint density at radius 1 is 1.00 bits per heavy atom. The number of anilines is 1. The van der Waals surface area contributed by atoms with Crippen molar-refractivity contribution in [3.05, 3.63) is 65.2 Å². The molecule has 10 heteroatoms. The van der Waals surface area contributed by atoms with Gasteiger partial charge in [-0.25, -0.2) is 17.2 Å². The van der Waals surface area contributed by atoms with Crippen molar-refractivity contribution in [3.8, 4) is 0 Å². The lowest BCUT2D eigenvalue weighted by atomic mass is 10.1. The first-order valence-corrected chi connectivity index (χ1v) is 13.7. The Morgan fingerprint density at radius 2 is 1.64 bits per heavy atom. The highest BCUT2D eigenvalue weighted by Crippen LogP contribution is 2.21. The summed E-state index contributed by atoms with van der Waals surface area (Å²) in [5, 5.41) is 2.85. The molecule has 1 N–H and O–H groups in total. The molecule has 1 atom stereocenters. The van der Waals surface area contributed by atoms with Gasteiger partial charge in [0.15, 0.2) is 11.6 Å². The Morgan fingerprint density at radius 3 is 2.19 bits per heavy atom. The first-order chi connectivity index (χ1) is 16.8. The van der Waals surface area contributed by atoms with Crippen LogP contribution in [-0.2, 0) is 26.2 Å². The van der Waals surface area contributed by atoms with Crippen LogP contribution in [0.2, 0.25) is 0 Å². The van der Waals surface area contributed by atoms with Crippen molar-refractivity contribution in [1.29, 1.82) is 0 Å². The summed E-state index contributed by atoms with van der Waals surface area (Å²) in [6.07, 6.45) is 1.04. The van der Waals surface area contributed by atoms with Gasteiger partial charge in [-0.2, -0.15) is 0 Å². The lowest BCUT2D eigenvalue weighted by Gasteiger charge is -2.29. The van der Waals surface area contributed by atoms with Gasteiger partial charge in [-0.1, -0.05) is 43.7 Å². The Kier molecular flexibility index (Phi) is 10.4. The third kappa shape index (κ3) is 8.58. The van der Waals surface area contributed by atoms with Crippen LogP contribution in [0.25, 0.3) is 0 Å². The summed E-state index contributed by atoms with van der Waals surface area (Å²) in [5.41, 5.74) is 1.90. The second-order valence-corrected chi connectivity index (χ2v) is 11.3. The van der Waals surface area contributed by atoms with Crippen molar-refractivity contribution in [2.24, 2.45) is 5.92 Å². The molecule has 7 nitrogen and oxygen atoms in total. The SMILES string of the molecule is Cc1ccc(CN(C(=O)CCCN(c2ccc(F)c(F)c2)S(C)(=O)=O)[C@@H](C)C(=O)NCC(C)C)cc1. The second kappa shape index (κ2) is 12.8. The number of carbonyl (C=O) groups excluding carboxylic acids is 2. The van der Waals surface area contributed by atoms with Gasteiger partial charge in [-0.3, -0.25) is 13.9 Å². The van der Waals surface area contributed by atoms with Crippen molar-refractivity contribution in [2.75, 3.05) is 23.7 Å². The maximum absolute atomic E-state index is 13.7. The topological polar surface area (TPSA) is 86.8 Å². The van der Waals surface area contributed by atoms with Gasteiger partial charge in [-0.05, 0) is 43.9 Å². The van der Waals surface area contributed by atoms with Crippen LogP contribution in [0.5, 0.6) is 0 Å². The molecule has 0 aromatic heterocycles. The zero-order valence-corrected chi connectivity index (χ0v) is 22.2. The van der Waals surface area contributed by atoms with Gasteiger partial charge in [0.2, 0.25) is 21.8 Å². The number of hydrogen-bond donors (Lipinski definition) is 1. The van der Waals surface area contributed by atoms with Crippen LogP contribution in [-0.4, -0.2) is 50.5 Å². The van der Waals surface area contributed by atoms with Crippen LogP contribution in [0, 0.1) is 24.5 Å². The van der Waals surface area contributed by atoms with E-state index in [1.165, 1.54) is 11.0 Å². The molecule has 36 heavy (non-hydrogen) atoms. The molecule has 0 radical (unpaired) electrons. The Balaban J connectivity index is 2.17. The van der Waals surface area contributed by atoms with E-state index in [2.05, 4.69) is 5.32 Å². The fraction of sp³-hybridized carbons (Fsp3) is 0.462. The third-order valence-electron chi connectivity index (χ3n) is 5.67. The van der Waals surface area contributed by atoms with Crippen LogP contribution < -0.4 is 9.62 Å². The van der Waals surface area contributed by atoms with Gasteiger partial charge in [0.1, 0.15) is 6.04 Å². The molecule has 2 amide bonds. The van der Waals surface area contributed by atoms with Crippen molar-refractivity contribution in [3.63, 3.8) is 0 Å². The smallest absolute Gasteiger partial charge is 0.242 e. The van der Waals surface area contributed by atoms with E-state index in [4.69, 9.17) is 0 Å². The maximum atomic E-state index is 13.7. The van der Waals surface area contributed by atoms with E-state index in [0.29, 0.717) is 6.54 Å². The summed E-state index contributed by atoms with van der Waals surface area (Å²) in [4.78, 5) is 27.4. The van der Waals surface area contributed by atoms with Gasteiger partial charge in [0.25, 0.3) is 0 Å². The van der Waals surface area contributed by atoms with Crippen LogP contribution in [0.15, 0.2) is 42.5 Å². The van der Waals surface area contributed by atoms with E-state index in [9.17, 15) is 26.8 Å². The van der Waals surface area contributed by atoms with Gasteiger partial charge >= 0.3 is 0 Å². The van der Waals surface area contributed by atoms with Crippen LogP contribution in [0.4, 0.5) is 14.5 Å². The van der Waals surface area contributed by atoms with E-state index in [1.807, 2.05) is 45.0 Å². The zero-order valence-electron chi connectivity index (χ0n) is 21.4. The standard InChI is InChI=1S/C26H35F2N3O4S/c1-18(2)16-29-26(33)20(4)30(17-21-10-8-19(3)9-11-21)25(32)7-6-14-31(36(5,34)35)22-12-13-23(27)24(28)15-22/h8-13,15,18,20H,6-7,14,16-17H2,1-5H3,(H,29,33)/t20-/m0/s1. The fourth-order valence-electron chi connectivity index (χ4n) is 3.57. The minimum Gasteiger partial charge on any atom is -0.354 e. The number of hydrogen-bond acceptors (Lipinski definition) is 4. The molecule has 0 aliphatic heterocycles. The number of amides is 2. The Labute approximate surface area is 212 Å². The summed E-state index contributed by atoms with van der Waals surface area (Å²) in [6.45, 7) is 8.14. The minimum atomic E-state index is -3.81. The van der Waals surface area contributed by atoms with Crippen LogP contribution in [0.1, 0.15) is 44.7 Å². The lowest BCUT2D eigenvalue weighted by molar-refractivity contribution is -0.140. The molecule has 0 saturated carbocycles. The van der Waals surface area contributed by atoms with Crippen molar-refractivity contribution < 1.29 is 26.8 Å². The van der Waals surface area contributed by atoms with E-state index < -0.39 is 27.7 Å². The zero-order chi connectivity index (χ0) is 27.0. The number of rotatable bonds is 12. The number of nitrogens with one attached hydrogen (secondary N) is 1. The number of nitrogens with zero attached hydrogens (tertiary/aromatic N) is 2. The van der Waals surface area contributed by atoms with Crippen molar-refractivity contribution in [2.45, 2.75) is 53.1 Å². The quantitative estimate of drug-likeness (QED) is 0.456. The van der Waals surface area contributed by atoms with Gasteiger partial charge < -0.3 is 10.2 Å². The Hall–Kier alpha value is -3.01. The predicted octanol–water partition coefficient (Wildman–Crippen LogP) is 4.01. The molecular formula is C26H35F2N3O4S. The molecule has 2 rings (SSSR count). The maximum Gasteiger partial charge on any atom is 0.242 e. The summed E-state index contributed by atoms with van der Waals surface area (Å²) >= 11 is 0. The number of sulfonamides is 1. The molecule has 0 bridgehead atoms. The third-order valence-corrected chi connectivity index (χ3v) is 6.86. The largest absolute Gasteiger partial charge is 0.354 e. The molecular weight excluding hydrogens is 488 g/mol. The number of aryl methyl sites for hydroxylation is 1. The highest BCUT2D eigenvalue weighted by Gasteiger charge is 2.27. The Bertz CT molecular complexity index is 1150. The number of halogens is 2. The highest BCUT2D eigenvalue weighted by atomic mass is 32.2. The molecule has 0 unspecified atom stereocenters. The molecule has 0 heterocycles. The lowest BCUT2D eigenvalue weighted by Crippen LogP contribution is -2.48. The highest BCUT2D eigenvalue weighted by molar-refractivity contribution is 7.92. The van der Waals surface area contributed by atoms with E-state index >= 15 is 0 Å². The summed E-state index contributed by atoms with van der Waals surface area (Å²) in [7, 11) is -3.81. The van der Waals surface area contributed by atoms with E-state index in [1.54, 1.807) is 6.92 Å². The second-order valence-electron chi connectivity index (χ2n) is 9.36. The fourth-order valence-corrected chi connectivity index (χ4v) is 4.53. The van der Waals surface area contributed by atoms with Crippen molar-refractivity contribution >= 4 is 27.5 Å². The summed E-state index contributed by atoms with van der Waals surface area (Å²) in [5.74, 6) is -2.59. The predicted molar refractivity (Wildman–Crippen MR) is 137 cm³/mol. The van der Waals surface area contributed by atoms with Crippen LogP contribution in [0.3, 0.4) is 0 Å². The van der Waals surface area contributed by atoms with Crippen LogP contribution >= 0.6 is 0 Å². The minimum absolute atomic E-state index is 0.0261. The molecule has 0 saturated heterocycles. The molecule has 0 aliphatic rings. The van der Waals surface area contributed by atoms with Crippen molar-refractivity contribution in [1.82, 2.24) is 10.2 Å². The van der Waals surface area contributed by atoms with Gasteiger partial charge in [-0.15, -0.1) is 0 Å². The van der Waals surface area contributed by atoms with E-state index in [0.717, 1.165) is 33.8 Å². The molecule has 0 spiro atoms. The molecule has 2 aromatic rings. The average molecular weight is 524 g/mol. The average Bonchev–Trinajstić information content (AvgIpc) is 2.80. The van der Waals surface area contributed by atoms with E-state index in [-0.39, 0.29) is 49.4 Å². The normalized spacial score (nSPS) is 12.3. The molecule has 0 fully saturated rings. The first kappa shape index (κ1) is 29.2. The molecule has 2 aromatic carbocycles. The van der Waals surface area contributed by atoms with Gasteiger partial charge in [0, 0.05) is 32.1 Å². The molecule has 198 valence electrons. The monoisotopic (exact) mass is 523 g/mol.